The van der Waals surface area contributed by atoms with Gasteiger partial charge in [0.25, 0.3) is 0 Å². The van der Waals surface area contributed by atoms with Crippen LogP contribution in [0.3, 0.4) is 0 Å². The summed E-state index contributed by atoms with van der Waals surface area (Å²) >= 11 is 13.4. The Balaban J connectivity index is 1.76. The van der Waals surface area contributed by atoms with Crippen molar-refractivity contribution in [1.29, 1.82) is 0 Å². The molecule has 0 aliphatic carbocycles. The minimum atomic E-state index is -0.649. The number of anilines is 1. The summed E-state index contributed by atoms with van der Waals surface area (Å²) in [5.74, 6) is 1.97. The van der Waals surface area contributed by atoms with Crippen LogP contribution in [0.2, 0.25) is 10.0 Å². The Kier molecular flexibility index (Phi) is 8.13. The number of aryl methyl sites for hydroxylation is 2. The van der Waals surface area contributed by atoms with E-state index >= 15 is 0 Å². The molecule has 1 fully saturated rings. The molecule has 1 saturated heterocycles. The lowest BCUT2D eigenvalue weighted by Gasteiger charge is -2.17. The molecule has 0 amide bonds. The average molecular weight is 522 g/mol. The molecule has 1 aliphatic heterocycles. The molecular weight excluding hydrogens is 493 g/mol. The van der Waals surface area contributed by atoms with Crippen LogP contribution in [0.25, 0.3) is 22.6 Å². The van der Waals surface area contributed by atoms with Gasteiger partial charge in [-0.15, -0.1) is 0 Å². The minimum absolute atomic E-state index is 0.0570. The van der Waals surface area contributed by atoms with Crippen molar-refractivity contribution in [3.63, 3.8) is 0 Å². The highest BCUT2D eigenvalue weighted by Gasteiger charge is 2.27. The fraction of sp³-hybridized carbons (Fsp3) is 0.458. The molecule has 3 atom stereocenters. The predicted octanol–water partition coefficient (Wildman–Crippen LogP) is 4.27. The van der Waals surface area contributed by atoms with Gasteiger partial charge >= 0.3 is 0 Å². The third-order valence-electron chi connectivity index (χ3n) is 5.72. The van der Waals surface area contributed by atoms with Crippen LogP contribution >= 0.6 is 23.2 Å². The maximum absolute atomic E-state index is 9.98. The summed E-state index contributed by atoms with van der Waals surface area (Å²) in [6.07, 6.45) is 0.329. The second-order valence-corrected chi connectivity index (χ2v) is 9.43. The Morgan fingerprint density at radius 1 is 1.26 bits per heavy atom. The average Bonchev–Trinajstić information content (AvgIpc) is 3.39. The predicted molar refractivity (Wildman–Crippen MR) is 135 cm³/mol. The second kappa shape index (κ2) is 11.1. The first-order chi connectivity index (χ1) is 16.8. The van der Waals surface area contributed by atoms with E-state index in [1.807, 2.05) is 20.8 Å². The van der Waals surface area contributed by atoms with Crippen molar-refractivity contribution in [2.75, 3.05) is 32.1 Å². The van der Waals surface area contributed by atoms with E-state index in [0.29, 0.717) is 68.9 Å². The van der Waals surface area contributed by atoms with E-state index in [9.17, 15) is 5.11 Å². The molecular formula is C24H29Cl2N5O4. The number of aromatic nitrogens is 3. The summed E-state index contributed by atoms with van der Waals surface area (Å²) in [6, 6.07) is 5.25. The van der Waals surface area contributed by atoms with Crippen LogP contribution < -0.4 is 15.4 Å². The SMILES string of the molecule is CNC[C@@H](O)COc1ccc(Cl)c(-c2nc(N[C@@H]3CO[C@@H](C)C3)c(Cl)c(-c3c(C)noc3C)n2)c1. The first-order valence-electron chi connectivity index (χ1n) is 11.4. The van der Waals surface area contributed by atoms with Gasteiger partial charge in [0.05, 0.1) is 35.0 Å². The van der Waals surface area contributed by atoms with E-state index in [0.717, 1.165) is 6.42 Å². The van der Waals surface area contributed by atoms with E-state index < -0.39 is 6.10 Å². The summed E-state index contributed by atoms with van der Waals surface area (Å²) in [5, 5.41) is 21.2. The Labute approximate surface area is 214 Å². The van der Waals surface area contributed by atoms with Gasteiger partial charge in [-0.25, -0.2) is 9.97 Å². The second-order valence-electron chi connectivity index (χ2n) is 8.64. The summed E-state index contributed by atoms with van der Waals surface area (Å²) in [4.78, 5) is 9.50. The molecule has 3 aromatic rings. The van der Waals surface area contributed by atoms with E-state index in [2.05, 4.69) is 15.8 Å². The van der Waals surface area contributed by atoms with Crippen molar-refractivity contribution in [2.24, 2.45) is 0 Å². The van der Waals surface area contributed by atoms with Gasteiger partial charge in [-0.3, -0.25) is 0 Å². The molecule has 3 N–H and O–H groups in total. The van der Waals surface area contributed by atoms with Crippen LogP contribution in [0.15, 0.2) is 22.7 Å². The number of nitrogens with zero attached hydrogens (tertiary/aromatic N) is 3. The summed E-state index contributed by atoms with van der Waals surface area (Å²) in [6.45, 7) is 6.77. The third kappa shape index (κ3) is 5.87. The lowest BCUT2D eigenvalue weighted by molar-refractivity contribution is 0.108. The first-order valence-corrected chi connectivity index (χ1v) is 12.2. The fourth-order valence-electron chi connectivity index (χ4n) is 4.01. The Bertz CT molecular complexity index is 1170. The van der Waals surface area contributed by atoms with Gasteiger partial charge in [-0.2, -0.15) is 0 Å². The van der Waals surface area contributed by atoms with Crippen molar-refractivity contribution in [3.8, 4) is 28.4 Å². The summed E-state index contributed by atoms with van der Waals surface area (Å²) < 4.78 is 16.8. The van der Waals surface area contributed by atoms with Gasteiger partial charge in [-0.05, 0) is 52.4 Å². The molecule has 9 nitrogen and oxygen atoms in total. The van der Waals surface area contributed by atoms with Crippen molar-refractivity contribution in [3.05, 3.63) is 39.7 Å². The topological polar surface area (TPSA) is 115 Å². The largest absolute Gasteiger partial charge is 0.491 e. The quantitative estimate of drug-likeness (QED) is 0.379. The molecule has 4 rings (SSSR count). The smallest absolute Gasteiger partial charge is 0.163 e. The number of ether oxygens (including phenoxy) is 2. The monoisotopic (exact) mass is 521 g/mol. The number of aliphatic hydroxyl groups excluding tert-OH is 1. The zero-order valence-electron chi connectivity index (χ0n) is 20.1. The fourth-order valence-corrected chi connectivity index (χ4v) is 4.45. The lowest BCUT2D eigenvalue weighted by Crippen LogP contribution is -2.29. The normalized spacial score (nSPS) is 18.6. The van der Waals surface area contributed by atoms with E-state index in [1.165, 1.54) is 0 Å². The number of nitrogens with one attached hydrogen (secondary N) is 2. The van der Waals surface area contributed by atoms with E-state index in [4.69, 9.17) is 47.2 Å². The van der Waals surface area contributed by atoms with E-state index in [1.54, 1.807) is 25.2 Å². The maximum atomic E-state index is 9.98. The zero-order chi connectivity index (χ0) is 25.1. The van der Waals surface area contributed by atoms with Crippen LogP contribution in [0.4, 0.5) is 5.82 Å². The van der Waals surface area contributed by atoms with Crippen molar-refractivity contribution in [1.82, 2.24) is 20.4 Å². The number of hydrogen-bond acceptors (Lipinski definition) is 9. The summed E-state index contributed by atoms with van der Waals surface area (Å²) in [5.41, 5.74) is 2.43. The molecule has 2 aromatic heterocycles. The molecule has 0 radical (unpaired) electrons. The molecule has 35 heavy (non-hydrogen) atoms. The molecule has 11 heteroatoms. The Morgan fingerprint density at radius 2 is 2.06 bits per heavy atom. The number of halogens is 2. The first kappa shape index (κ1) is 25.7. The van der Waals surface area contributed by atoms with Crippen molar-refractivity contribution in [2.45, 2.75) is 45.4 Å². The number of rotatable bonds is 9. The van der Waals surface area contributed by atoms with Crippen LogP contribution in [0.1, 0.15) is 24.8 Å². The van der Waals surface area contributed by atoms with Gasteiger partial charge in [0.2, 0.25) is 0 Å². The third-order valence-corrected chi connectivity index (χ3v) is 6.41. The molecule has 1 aromatic carbocycles. The number of likely N-dealkylation sites (N-methyl/N-ethyl adjacent to an activating group) is 1. The molecule has 0 unspecified atom stereocenters. The zero-order valence-corrected chi connectivity index (χ0v) is 21.6. The highest BCUT2D eigenvalue weighted by molar-refractivity contribution is 6.35. The highest BCUT2D eigenvalue weighted by Crippen LogP contribution is 2.39. The van der Waals surface area contributed by atoms with Crippen molar-refractivity contribution >= 4 is 29.0 Å². The highest BCUT2D eigenvalue weighted by atomic mass is 35.5. The van der Waals surface area contributed by atoms with Gasteiger partial charge in [0.1, 0.15) is 40.8 Å². The van der Waals surface area contributed by atoms with Crippen molar-refractivity contribution < 1.29 is 19.1 Å². The molecule has 0 bridgehead atoms. The molecule has 1 aliphatic rings. The van der Waals surface area contributed by atoms with Crippen LogP contribution in [0, 0.1) is 13.8 Å². The minimum Gasteiger partial charge on any atom is -0.491 e. The van der Waals surface area contributed by atoms with Crippen LogP contribution in [0.5, 0.6) is 5.75 Å². The van der Waals surface area contributed by atoms with Gasteiger partial charge in [-0.1, -0.05) is 28.4 Å². The van der Waals surface area contributed by atoms with E-state index in [-0.39, 0.29) is 18.8 Å². The molecule has 188 valence electrons. The standard InChI is InChI=1S/C24H29Cl2N5O4/c1-12-7-15(10-33-12)28-24-21(26)22(20-13(2)31-35-14(20)3)29-23(30-24)18-8-17(5-6-19(18)25)34-11-16(32)9-27-4/h5-6,8,12,15-16,27,32H,7,9-11H2,1-4H3,(H,28,29,30)/t12-,15-,16+/m0/s1. The summed E-state index contributed by atoms with van der Waals surface area (Å²) in [7, 11) is 1.77. The van der Waals surface area contributed by atoms with Crippen LogP contribution in [-0.2, 0) is 4.74 Å². The lowest BCUT2D eigenvalue weighted by atomic mass is 10.1. The number of aliphatic hydroxyl groups is 1. The Hall–Kier alpha value is -2.43. The number of benzene rings is 1. The van der Waals surface area contributed by atoms with Gasteiger partial charge in [0.15, 0.2) is 5.82 Å². The van der Waals surface area contributed by atoms with Crippen LogP contribution in [-0.4, -0.2) is 65.3 Å². The Morgan fingerprint density at radius 3 is 2.71 bits per heavy atom. The molecule has 3 heterocycles. The number of hydrogen-bond donors (Lipinski definition) is 3. The maximum Gasteiger partial charge on any atom is 0.163 e. The molecule has 0 spiro atoms. The van der Waals surface area contributed by atoms with Gasteiger partial charge < -0.3 is 29.7 Å². The molecule has 0 saturated carbocycles. The van der Waals surface area contributed by atoms with Gasteiger partial charge in [0, 0.05) is 12.1 Å².